The highest BCUT2D eigenvalue weighted by atomic mass is 35.6. The summed E-state index contributed by atoms with van der Waals surface area (Å²) < 4.78 is 4.19. The van der Waals surface area contributed by atoms with Crippen LogP contribution >= 0.6 is 34.8 Å². The number of hydrogen-bond acceptors (Lipinski definition) is 1. The zero-order valence-electron chi connectivity index (χ0n) is 8.21. The van der Waals surface area contributed by atoms with Crippen molar-refractivity contribution in [3.63, 3.8) is 0 Å². The molecule has 1 aliphatic rings. The summed E-state index contributed by atoms with van der Waals surface area (Å²) in [6, 6.07) is 9.62. The third kappa shape index (κ3) is 1.76. The molecule has 0 saturated carbocycles. The number of alkyl halides is 3. The Balaban J connectivity index is 2.39. The van der Waals surface area contributed by atoms with Gasteiger partial charge in [0.1, 0.15) is 0 Å². The fourth-order valence-electron chi connectivity index (χ4n) is 1.91. The average molecular weight is 266 g/mol. The number of ether oxygens (including phenoxy) is 1. The first-order valence-electron chi connectivity index (χ1n) is 4.82. The Morgan fingerprint density at radius 1 is 1.27 bits per heavy atom. The number of epoxide rings is 1. The topological polar surface area (TPSA) is 12.5 Å². The first kappa shape index (κ1) is 11.5. The monoisotopic (exact) mass is 264 g/mol. The molecule has 0 bridgehead atoms. The van der Waals surface area contributed by atoms with Crippen molar-refractivity contribution in [2.75, 3.05) is 0 Å². The van der Waals surface area contributed by atoms with Gasteiger partial charge in [-0.15, -0.1) is 0 Å². The Morgan fingerprint density at radius 2 is 1.87 bits per heavy atom. The quantitative estimate of drug-likeness (QED) is 0.580. The van der Waals surface area contributed by atoms with E-state index >= 15 is 0 Å². The lowest BCUT2D eigenvalue weighted by Gasteiger charge is -2.21. The molecular formula is C11H11Cl3O. The summed E-state index contributed by atoms with van der Waals surface area (Å²) in [4.78, 5) is 0. The predicted molar refractivity (Wildman–Crippen MR) is 63.6 cm³/mol. The van der Waals surface area contributed by atoms with Crippen LogP contribution in [0.4, 0.5) is 0 Å². The Kier molecular flexibility index (Phi) is 2.93. The van der Waals surface area contributed by atoms with E-state index in [4.69, 9.17) is 39.5 Å². The Hall–Kier alpha value is 0.0500. The molecule has 2 atom stereocenters. The van der Waals surface area contributed by atoms with E-state index < -0.39 is 9.39 Å². The second kappa shape index (κ2) is 3.81. The molecule has 1 fully saturated rings. The van der Waals surface area contributed by atoms with Gasteiger partial charge >= 0.3 is 0 Å². The van der Waals surface area contributed by atoms with Crippen molar-refractivity contribution in [3.05, 3.63) is 35.9 Å². The summed E-state index contributed by atoms with van der Waals surface area (Å²) in [7, 11) is 0. The van der Waals surface area contributed by atoms with Gasteiger partial charge in [-0.25, -0.2) is 0 Å². The van der Waals surface area contributed by atoms with Gasteiger partial charge in [-0.05, 0) is 12.0 Å². The summed E-state index contributed by atoms with van der Waals surface area (Å²) in [6.45, 7) is 2.02. The fourth-order valence-corrected chi connectivity index (χ4v) is 2.74. The van der Waals surface area contributed by atoms with E-state index in [1.807, 2.05) is 37.3 Å². The maximum absolute atomic E-state index is 6.00. The standard InChI is InChI=1S/C11H11Cl3O/c1-2-9-10(15-9,11(12,13)14)8-6-4-3-5-7-8/h3-7,9H,2H2,1H3. The van der Waals surface area contributed by atoms with Crippen LogP contribution in [-0.2, 0) is 10.3 Å². The summed E-state index contributed by atoms with van der Waals surface area (Å²) in [6.07, 6.45) is 0.829. The van der Waals surface area contributed by atoms with Crippen LogP contribution < -0.4 is 0 Å². The van der Waals surface area contributed by atoms with Crippen molar-refractivity contribution >= 4 is 34.8 Å². The number of halogens is 3. The molecule has 2 unspecified atom stereocenters. The van der Waals surface area contributed by atoms with Crippen LogP contribution in [0, 0.1) is 0 Å². The minimum absolute atomic E-state index is 0.00704. The smallest absolute Gasteiger partial charge is 0.225 e. The Labute approximate surface area is 104 Å². The van der Waals surface area contributed by atoms with Crippen LogP contribution in [0.2, 0.25) is 0 Å². The van der Waals surface area contributed by atoms with Gasteiger partial charge in [0.15, 0.2) is 5.60 Å². The van der Waals surface area contributed by atoms with Crippen LogP contribution in [0.25, 0.3) is 0 Å². The third-order valence-corrected chi connectivity index (χ3v) is 3.56. The van der Waals surface area contributed by atoms with Crippen LogP contribution in [0.3, 0.4) is 0 Å². The van der Waals surface area contributed by atoms with Gasteiger partial charge in [-0.3, -0.25) is 0 Å². The highest BCUT2D eigenvalue weighted by Gasteiger charge is 2.68. The maximum Gasteiger partial charge on any atom is 0.225 e. The van der Waals surface area contributed by atoms with E-state index in [-0.39, 0.29) is 6.10 Å². The minimum Gasteiger partial charge on any atom is -0.356 e. The highest BCUT2D eigenvalue weighted by molar-refractivity contribution is 6.68. The lowest BCUT2D eigenvalue weighted by molar-refractivity contribution is 0.297. The fraction of sp³-hybridized carbons (Fsp3) is 0.455. The molecule has 0 N–H and O–H groups in total. The second-order valence-corrected chi connectivity index (χ2v) is 5.90. The SMILES string of the molecule is CCC1OC1(c1ccccc1)C(Cl)(Cl)Cl. The maximum atomic E-state index is 6.00. The molecule has 0 amide bonds. The molecule has 1 heterocycles. The van der Waals surface area contributed by atoms with Gasteiger partial charge in [0.25, 0.3) is 0 Å². The molecule has 1 aromatic rings. The molecule has 0 aliphatic carbocycles. The highest BCUT2D eigenvalue weighted by Crippen LogP contribution is 2.61. The van der Waals surface area contributed by atoms with Gasteiger partial charge in [-0.1, -0.05) is 72.1 Å². The molecule has 1 nitrogen and oxygen atoms in total. The van der Waals surface area contributed by atoms with Crippen molar-refractivity contribution in [1.82, 2.24) is 0 Å². The third-order valence-electron chi connectivity index (χ3n) is 2.72. The number of hydrogen-bond donors (Lipinski definition) is 0. The lowest BCUT2D eigenvalue weighted by atomic mass is 9.95. The second-order valence-electron chi connectivity index (χ2n) is 3.61. The zero-order chi connectivity index (χ0) is 11.1. The molecule has 1 aliphatic heterocycles. The number of benzene rings is 1. The largest absolute Gasteiger partial charge is 0.356 e. The Bertz CT molecular complexity index is 347. The van der Waals surface area contributed by atoms with E-state index in [9.17, 15) is 0 Å². The summed E-state index contributed by atoms with van der Waals surface area (Å²) in [5.74, 6) is 0. The molecule has 1 aromatic carbocycles. The van der Waals surface area contributed by atoms with Crippen LogP contribution in [0.15, 0.2) is 30.3 Å². The first-order valence-corrected chi connectivity index (χ1v) is 5.96. The molecule has 82 valence electrons. The molecule has 4 heteroatoms. The molecule has 15 heavy (non-hydrogen) atoms. The summed E-state index contributed by atoms with van der Waals surface area (Å²) in [5, 5.41) is 0. The Morgan fingerprint density at radius 3 is 2.27 bits per heavy atom. The van der Waals surface area contributed by atoms with E-state index in [0.717, 1.165) is 12.0 Å². The van der Waals surface area contributed by atoms with Gasteiger partial charge in [0, 0.05) is 0 Å². The van der Waals surface area contributed by atoms with E-state index in [0.29, 0.717) is 0 Å². The van der Waals surface area contributed by atoms with E-state index in [1.165, 1.54) is 0 Å². The van der Waals surface area contributed by atoms with E-state index in [2.05, 4.69) is 0 Å². The minimum atomic E-state index is -1.42. The van der Waals surface area contributed by atoms with Crippen LogP contribution in [-0.4, -0.2) is 9.90 Å². The van der Waals surface area contributed by atoms with Crippen LogP contribution in [0.1, 0.15) is 18.9 Å². The van der Waals surface area contributed by atoms with Gasteiger partial charge in [0.2, 0.25) is 3.79 Å². The molecule has 1 saturated heterocycles. The molecular weight excluding hydrogens is 254 g/mol. The summed E-state index contributed by atoms with van der Waals surface area (Å²) >= 11 is 18.0. The predicted octanol–water partition coefficient (Wildman–Crippen LogP) is 4.06. The number of rotatable bonds is 2. The molecule has 0 aromatic heterocycles. The van der Waals surface area contributed by atoms with Crippen molar-refractivity contribution < 1.29 is 4.74 Å². The van der Waals surface area contributed by atoms with Crippen molar-refractivity contribution in [2.45, 2.75) is 28.8 Å². The van der Waals surface area contributed by atoms with Crippen molar-refractivity contribution in [1.29, 1.82) is 0 Å². The van der Waals surface area contributed by atoms with Gasteiger partial charge in [0.05, 0.1) is 6.10 Å². The molecule has 0 spiro atoms. The van der Waals surface area contributed by atoms with Gasteiger partial charge < -0.3 is 4.74 Å². The van der Waals surface area contributed by atoms with Crippen molar-refractivity contribution in [3.8, 4) is 0 Å². The van der Waals surface area contributed by atoms with E-state index in [1.54, 1.807) is 0 Å². The first-order chi connectivity index (χ1) is 7.02. The van der Waals surface area contributed by atoms with Crippen molar-refractivity contribution in [2.24, 2.45) is 0 Å². The molecule has 0 radical (unpaired) electrons. The lowest BCUT2D eigenvalue weighted by Crippen LogP contribution is -2.29. The molecule has 2 rings (SSSR count). The van der Waals surface area contributed by atoms with Crippen LogP contribution in [0.5, 0.6) is 0 Å². The normalized spacial score (nSPS) is 30.3. The average Bonchev–Trinajstić information content (AvgIpc) is 2.94. The zero-order valence-corrected chi connectivity index (χ0v) is 10.5. The summed E-state index contributed by atoms with van der Waals surface area (Å²) in [5.41, 5.74) is 0.171. The van der Waals surface area contributed by atoms with Gasteiger partial charge in [-0.2, -0.15) is 0 Å².